The van der Waals surface area contributed by atoms with Crippen molar-refractivity contribution < 1.29 is 66.6 Å². The van der Waals surface area contributed by atoms with E-state index in [2.05, 4.69) is 0 Å². The minimum Gasteiger partial charge on any atom is -0.875 e. The molecule has 7 heteroatoms. The Morgan fingerprint density at radius 2 is 0.475 bits per heavy atom. The van der Waals surface area contributed by atoms with Crippen molar-refractivity contribution in [3.05, 3.63) is 35.5 Å². The molecule has 0 aromatic carbocycles. The smallest absolute Gasteiger partial charge is 0.875 e. The number of ketones is 3. The number of hydrogen-bond acceptors (Lipinski definition) is 6. The van der Waals surface area contributed by atoms with Gasteiger partial charge in [-0.1, -0.05) is 125 Å². The molecular formula is C33H57O6Tm. The summed E-state index contributed by atoms with van der Waals surface area (Å²) in [4.78, 5) is 34.3. The van der Waals surface area contributed by atoms with Gasteiger partial charge in [-0.25, -0.2) is 0 Å². The molecule has 0 aromatic heterocycles. The van der Waals surface area contributed by atoms with Crippen molar-refractivity contribution in [3.8, 4) is 0 Å². The first-order chi connectivity index (χ1) is 16.6. The summed E-state index contributed by atoms with van der Waals surface area (Å²) >= 11 is 0. The van der Waals surface area contributed by atoms with Crippen molar-refractivity contribution >= 4 is 17.3 Å². The van der Waals surface area contributed by atoms with Gasteiger partial charge in [-0.05, 0) is 34.5 Å². The molecule has 40 heavy (non-hydrogen) atoms. The number of carbonyl (C=O) groups excluding carboxylic acids is 3. The molecule has 0 bridgehead atoms. The molecule has 0 aliphatic rings. The van der Waals surface area contributed by atoms with Crippen molar-refractivity contribution in [3.63, 3.8) is 0 Å². The molecule has 0 fully saturated rings. The Labute approximate surface area is 275 Å². The predicted octanol–water partition coefficient (Wildman–Crippen LogP) is 5.68. The molecule has 0 aliphatic heterocycles. The molecule has 6 nitrogen and oxygen atoms in total. The van der Waals surface area contributed by atoms with Crippen molar-refractivity contribution in [2.45, 2.75) is 125 Å². The third kappa shape index (κ3) is 21.6. The summed E-state index contributed by atoms with van der Waals surface area (Å²) < 4.78 is 0. The van der Waals surface area contributed by atoms with Gasteiger partial charge in [0.1, 0.15) is 0 Å². The van der Waals surface area contributed by atoms with Crippen molar-refractivity contribution in [2.75, 3.05) is 0 Å². The zero-order valence-corrected chi connectivity index (χ0v) is 30.2. The maximum Gasteiger partial charge on any atom is 3.00 e. The van der Waals surface area contributed by atoms with E-state index in [0.29, 0.717) is 0 Å². The van der Waals surface area contributed by atoms with Crippen molar-refractivity contribution in [1.82, 2.24) is 0 Å². The van der Waals surface area contributed by atoms with E-state index in [1.165, 1.54) is 18.2 Å². The van der Waals surface area contributed by atoms with Gasteiger partial charge in [0.05, 0.1) is 0 Å². The Bertz CT molecular complexity index is 801. The first kappa shape index (κ1) is 45.8. The predicted molar refractivity (Wildman–Crippen MR) is 156 cm³/mol. The number of hydrogen-bond donors (Lipinski definition) is 0. The monoisotopic (exact) mass is 718 g/mol. The molecule has 0 aromatic rings. The van der Waals surface area contributed by atoms with Crippen molar-refractivity contribution in [1.29, 1.82) is 0 Å². The molecule has 0 saturated carbocycles. The zero-order valence-electron chi connectivity index (χ0n) is 28.5. The summed E-state index contributed by atoms with van der Waals surface area (Å²) in [5.74, 6) is -0.625. The van der Waals surface area contributed by atoms with Crippen LogP contribution in [0.15, 0.2) is 35.5 Å². The molecule has 0 aliphatic carbocycles. The van der Waals surface area contributed by atoms with Crippen LogP contribution in [0.3, 0.4) is 0 Å². The van der Waals surface area contributed by atoms with Gasteiger partial charge in [-0.2, -0.15) is 0 Å². The van der Waals surface area contributed by atoms with E-state index < -0.39 is 32.5 Å². The van der Waals surface area contributed by atoms with E-state index >= 15 is 0 Å². The SMILES string of the molecule is CC(C)(C)C(=O)/C=C(\[O-])C(C)(C)C.CC(C)(C)C(=O)/C=C(\[O-])C(C)(C)C.CC(C)(C)C(=O)/C=C(\[O-])C(C)(C)C.[Tm+3]. The molecule has 0 radical (unpaired) electrons. The van der Waals surface area contributed by atoms with Crippen LogP contribution in [0.25, 0.3) is 0 Å². The average Bonchev–Trinajstić information content (AvgIpc) is 2.64. The summed E-state index contributed by atoms with van der Waals surface area (Å²) in [6, 6.07) is 0. The molecule has 0 spiro atoms. The van der Waals surface area contributed by atoms with Crippen LogP contribution in [0.4, 0.5) is 0 Å². The second-order valence-corrected chi connectivity index (χ2v) is 16.1. The van der Waals surface area contributed by atoms with E-state index in [4.69, 9.17) is 0 Å². The summed E-state index contributed by atoms with van der Waals surface area (Å²) in [6.45, 7) is 32.5. The quantitative estimate of drug-likeness (QED) is 0.274. The second-order valence-electron chi connectivity index (χ2n) is 16.1. The second kappa shape index (κ2) is 16.5. The van der Waals surface area contributed by atoms with Crippen LogP contribution in [0.2, 0.25) is 0 Å². The van der Waals surface area contributed by atoms with Crippen LogP contribution < -0.4 is 15.3 Å². The first-order valence-electron chi connectivity index (χ1n) is 13.5. The molecule has 0 atom stereocenters. The minimum absolute atomic E-state index is 0. The Hall–Kier alpha value is -1.14. The molecule has 0 rings (SSSR count). The van der Waals surface area contributed by atoms with Gasteiger partial charge >= 0.3 is 36.9 Å². The third-order valence-electron chi connectivity index (χ3n) is 5.22. The van der Waals surface area contributed by atoms with Gasteiger partial charge in [-0.3, -0.25) is 14.4 Å². The molecule has 0 unspecified atom stereocenters. The Morgan fingerprint density at radius 1 is 0.350 bits per heavy atom. The van der Waals surface area contributed by atoms with Crippen LogP contribution in [0.5, 0.6) is 0 Å². The number of rotatable bonds is 3. The van der Waals surface area contributed by atoms with Gasteiger partial charge in [0.2, 0.25) is 0 Å². The summed E-state index contributed by atoms with van der Waals surface area (Å²) in [5, 5.41) is 34.3. The zero-order chi connectivity index (χ0) is 32.6. The molecule has 0 amide bonds. The maximum atomic E-state index is 11.4. The van der Waals surface area contributed by atoms with Gasteiger partial charge in [0.15, 0.2) is 17.3 Å². The van der Waals surface area contributed by atoms with Gasteiger partial charge in [0, 0.05) is 16.2 Å². The largest absolute Gasteiger partial charge is 3.00 e. The van der Waals surface area contributed by atoms with Gasteiger partial charge < -0.3 is 15.3 Å². The molecule has 0 N–H and O–H groups in total. The van der Waals surface area contributed by atoms with Crippen molar-refractivity contribution in [2.24, 2.45) is 32.5 Å². The van der Waals surface area contributed by atoms with E-state index in [-0.39, 0.29) is 71.5 Å². The average molecular weight is 719 g/mol. The van der Waals surface area contributed by atoms with Crippen LogP contribution in [0.1, 0.15) is 125 Å². The first-order valence-corrected chi connectivity index (χ1v) is 13.5. The fourth-order valence-electron chi connectivity index (χ4n) is 1.66. The topological polar surface area (TPSA) is 120 Å². The fraction of sp³-hybridized carbons (Fsp3) is 0.727. The molecule has 0 heterocycles. The molecule has 0 saturated heterocycles. The maximum absolute atomic E-state index is 11.4. The van der Waals surface area contributed by atoms with E-state index in [9.17, 15) is 29.7 Å². The van der Waals surface area contributed by atoms with E-state index in [1.807, 2.05) is 125 Å². The van der Waals surface area contributed by atoms with Crippen LogP contribution >= 0.6 is 0 Å². The fourth-order valence-corrected chi connectivity index (χ4v) is 1.66. The standard InChI is InChI=1S/3C11H20O2.Tm/c3*1-10(2,3)8(12)7-9(13)11(4,5)6;/h3*7,12H,1-6H3;/q;;;+3/p-3/b3*8-7-;. The number of allylic oxidation sites excluding steroid dienone is 6. The molecule has 238 valence electrons. The van der Waals surface area contributed by atoms with Gasteiger partial charge in [-0.15, -0.1) is 17.3 Å². The Morgan fingerprint density at radius 3 is 0.550 bits per heavy atom. The molecular weight excluding hydrogens is 661 g/mol. The van der Waals surface area contributed by atoms with Gasteiger partial charge in [0.25, 0.3) is 0 Å². The third-order valence-corrected chi connectivity index (χ3v) is 5.22. The van der Waals surface area contributed by atoms with E-state index in [1.54, 1.807) is 0 Å². The Kier molecular flexibility index (Phi) is 18.9. The summed E-state index contributed by atoms with van der Waals surface area (Å²) in [7, 11) is 0. The summed E-state index contributed by atoms with van der Waals surface area (Å²) in [5.41, 5.74) is -2.74. The normalized spacial score (nSPS) is 14.1. The minimum atomic E-state index is -0.457. The number of carbonyl (C=O) groups is 3. The van der Waals surface area contributed by atoms with Crippen LogP contribution in [-0.4, -0.2) is 17.3 Å². The van der Waals surface area contributed by atoms with Crippen LogP contribution in [0, 0.1) is 69.4 Å². The van der Waals surface area contributed by atoms with E-state index in [0.717, 1.165) is 0 Å². The summed E-state index contributed by atoms with van der Waals surface area (Å²) in [6.07, 6.45) is 3.67. The Balaban J connectivity index is -0.000000240. The van der Waals surface area contributed by atoms with Crippen LogP contribution in [-0.2, 0) is 14.4 Å².